The van der Waals surface area contributed by atoms with Crippen LogP contribution in [-0.2, 0) is 11.3 Å². The second kappa shape index (κ2) is 10.2. The average Bonchev–Trinajstić information content (AvgIpc) is 3.17. The Hall–Kier alpha value is -2.17. The number of amides is 1. The lowest BCUT2D eigenvalue weighted by Crippen LogP contribution is -2.46. The molecule has 0 saturated carbocycles. The SMILES string of the molecule is CN=C(NCc1ccnc(-n2cccn2)c1)N1CCCC(CC(N)=O)C1.I. The van der Waals surface area contributed by atoms with E-state index in [0.717, 1.165) is 43.3 Å². The number of likely N-dealkylation sites (tertiary alicyclic amines) is 1. The minimum absolute atomic E-state index is 0. The molecule has 146 valence electrons. The fraction of sp³-hybridized carbons (Fsp3) is 0.444. The second-order valence-electron chi connectivity index (χ2n) is 6.50. The summed E-state index contributed by atoms with van der Waals surface area (Å²) in [5.74, 6) is 1.69. The Morgan fingerprint density at radius 2 is 2.30 bits per heavy atom. The molecule has 3 rings (SSSR count). The maximum atomic E-state index is 11.2. The first-order valence-electron chi connectivity index (χ1n) is 8.84. The summed E-state index contributed by atoms with van der Waals surface area (Å²) in [5, 5.41) is 7.61. The maximum absolute atomic E-state index is 11.2. The van der Waals surface area contributed by atoms with Crippen LogP contribution in [0.2, 0.25) is 0 Å². The molecule has 27 heavy (non-hydrogen) atoms. The first-order valence-corrected chi connectivity index (χ1v) is 8.84. The summed E-state index contributed by atoms with van der Waals surface area (Å²) in [5.41, 5.74) is 6.44. The fourth-order valence-corrected chi connectivity index (χ4v) is 3.32. The highest BCUT2D eigenvalue weighted by Gasteiger charge is 2.23. The molecule has 1 fully saturated rings. The van der Waals surface area contributed by atoms with Crippen molar-refractivity contribution in [3.8, 4) is 5.82 Å². The fourth-order valence-electron chi connectivity index (χ4n) is 3.32. The number of nitrogens with zero attached hydrogens (tertiary/aromatic N) is 5. The van der Waals surface area contributed by atoms with Crippen LogP contribution in [0.5, 0.6) is 0 Å². The van der Waals surface area contributed by atoms with E-state index >= 15 is 0 Å². The van der Waals surface area contributed by atoms with E-state index in [4.69, 9.17) is 5.73 Å². The van der Waals surface area contributed by atoms with Gasteiger partial charge in [0.2, 0.25) is 5.91 Å². The number of aliphatic imine (C=N–C) groups is 1. The molecule has 8 nitrogen and oxygen atoms in total. The molecule has 1 atom stereocenters. The molecule has 0 aromatic carbocycles. The van der Waals surface area contributed by atoms with Gasteiger partial charge >= 0.3 is 0 Å². The highest BCUT2D eigenvalue weighted by Crippen LogP contribution is 2.19. The van der Waals surface area contributed by atoms with E-state index in [2.05, 4.69) is 25.3 Å². The molecule has 0 aliphatic carbocycles. The Labute approximate surface area is 176 Å². The van der Waals surface area contributed by atoms with E-state index in [9.17, 15) is 4.79 Å². The van der Waals surface area contributed by atoms with Crippen molar-refractivity contribution in [1.29, 1.82) is 0 Å². The molecule has 0 radical (unpaired) electrons. The molecule has 1 aliphatic heterocycles. The topological polar surface area (TPSA) is 101 Å². The van der Waals surface area contributed by atoms with Gasteiger partial charge in [-0.25, -0.2) is 9.67 Å². The molecule has 1 aliphatic rings. The van der Waals surface area contributed by atoms with Gasteiger partial charge in [-0.05, 0) is 42.5 Å². The van der Waals surface area contributed by atoms with Crippen LogP contribution < -0.4 is 11.1 Å². The molecule has 0 bridgehead atoms. The zero-order valence-electron chi connectivity index (χ0n) is 15.4. The van der Waals surface area contributed by atoms with Gasteiger partial charge < -0.3 is 16.0 Å². The average molecular weight is 483 g/mol. The molecular weight excluding hydrogens is 457 g/mol. The zero-order chi connectivity index (χ0) is 18.4. The Balaban J connectivity index is 0.00000261. The summed E-state index contributed by atoms with van der Waals surface area (Å²) in [7, 11) is 1.78. The van der Waals surface area contributed by atoms with E-state index in [0.29, 0.717) is 18.9 Å². The summed E-state index contributed by atoms with van der Waals surface area (Å²) in [4.78, 5) is 22.1. The van der Waals surface area contributed by atoms with Gasteiger partial charge in [0.05, 0.1) is 0 Å². The van der Waals surface area contributed by atoms with Gasteiger partial charge in [-0.1, -0.05) is 0 Å². The number of pyridine rings is 1. The van der Waals surface area contributed by atoms with Gasteiger partial charge in [0.15, 0.2) is 11.8 Å². The van der Waals surface area contributed by atoms with E-state index in [-0.39, 0.29) is 29.9 Å². The van der Waals surface area contributed by atoms with E-state index in [1.165, 1.54) is 0 Å². The van der Waals surface area contributed by atoms with Gasteiger partial charge in [-0.3, -0.25) is 9.79 Å². The third-order valence-corrected chi connectivity index (χ3v) is 4.52. The number of rotatable bonds is 5. The smallest absolute Gasteiger partial charge is 0.217 e. The number of primary amides is 1. The Morgan fingerprint density at radius 3 is 3.00 bits per heavy atom. The number of nitrogens with two attached hydrogens (primary N) is 1. The lowest BCUT2D eigenvalue weighted by molar-refractivity contribution is -0.119. The number of carbonyl (C=O) groups excluding carboxylic acids is 1. The summed E-state index contributed by atoms with van der Waals surface area (Å²) < 4.78 is 1.73. The monoisotopic (exact) mass is 483 g/mol. The lowest BCUT2D eigenvalue weighted by Gasteiger charge is -2.34. The molecule has 3 N–H and O–H groups in total. The summed E-state index contributed by atoms with van der Waals surface area (Å²) in [6.45, 7) is 2.38. The van der Waals surface area contributed by atoms with Crippen molar-refractivity contribution in [3.63, 3.8) is 0 Å². The number of aromatic nitrogens is 3. The van der Waals surface area contributed by atoms with Crippen molar-refractivity contribution >= 4 is 35.8 Å². The normalized spacial score (nSPS) is 17.3. The predicted octanol–water partition coefficient (Wildman–Crippen LogP) is 1.55. The van der Waals surface area contributed by atoms with Crippen molar-refractivity contribution < 1.29 is 4.79 Å². The molecule has 1 amide bonds. The zero-order valence-corrected chi connectivity index (χ0v) is 17.7. The summed E-state index contributed by atoms with van der Waals surface area (Å²) >= 11 is 0. The molecule has 2 aromatic rings. The standard InChI is InChI=1S/C18H25N7O.HI/c1-20-18(24-8-2-4-15(13-24)10-16(19)26)22-12-14-5-7-21-17(11-14)25-9-3-6-23-25;/h3,5-7,9,11,15H,2,4,8,10,12-13H2,1H3,(H2,19,26)(H,20,22);1H. The van der Waals surface area contributed by atoms with Crippen LogP contribution in [-0.4, -0.2) is 51.7 Å². The molecule has 9 heteroatoms. The third-order valence-electron chi connectivity index (χ3n) is 4.52. The molecule has 2 aromatic heterocycles. The van der Waals surface area contributed by atoms with Crippen LogP contribution in [0.4, 0.5) is 0 Å². The van der Waals surface area contributed by atoms with Crippen LogP contribution in [0.3, 0.4) is 0 Å². The number of guanidine groups is 1. The number of carbonyl (C=O) groups is 1. The van der Waals surface area contributed by atoms with Crippen LogP contribution in [0.1, 0.15) is 24.8 Å². The molecule has 3 heterocycles. The number of hydrogen-bond donors (Lipinski definition) is 2. The number of hydrogen-bond acceptors (Lipinski definition) is 4. The van der Waals surface area contributed by atoms with E-state index in [1.54, 1.807) is 24.1 Å². The summed E-state index contributed by atoms with van der Waals surface area (Å²) in [6, 6.07) is 5.84. The van der Waals surface area contributed by atoms with Gasteiger partial charge in [0.25, 0.3) is 0 Å². The Bertz CT molecular complexity index is 763. The van der Waals surface area contributed by atoms with Crippen molar-refractivity contribution in [2.45, 2.75) is 25.8 Å². The quantitative estimate of drug-likeness (QED) is 0.382. The maximum Gasteiger partial charge on any atom is 0.217 e. The molecular formula is C18H26IN7O. The molecule has 0 spiro atoms. The number of piperidine rings is 1. The highest BCUT2D eigenvalue weighted by atomic mass is 127. The van der Waals surface area contributed by atoms with Crippen LogP contribution in [0, 0.1) is 5.92 Å². The predicted molar refractivity (Wildman–Crippen MR) is 115 cm³/mol. The minimum atomic E-state index is -0.234. The van der Waals surface area contributed by atoms with Crippen molar-refractivity contribution in [2.24, 2.45) is 16.6 Å². The van der Waals surface area contributed by atoms with Gasteiger partial charge in [-0.2, -0.15) is 5.10 Å². The highest BCUT2D eigenvalue weighted by molar-refractivity contribution is 14.0. The Kier molecular flexibility index (Phi) is 8.01. The van der Waals surface area contributed by atoms with Gasteiger partial charge in [0.1, 0.15) is 0 Å². The van der Waals surface area contributed by atoms with Crippen molar-refractivity contribution in [2.75, 3.05) is 20.1 Å². The van der Waals surface area contributed by atoms with Gasteiger partial charge in [0, 0.05) is 51.7 Å². The van der Waals surface area contributed by atoms with Gasteiger partial charge in [-0.15, -0.1) is 24.0 Å². The van der Waals surface area contributed by atoms with Crippen LogP contribution >= 0.6 is 24.0 Å². The molecule has 1 unspecified atom stereocenters. The van der Waals surface area contributed by atoms with Crippen molar-refractivity contribution in [3.05, 3.63) is 42.4 Å². The lowest BCUT2D eigenvalue weighted by atomic mass is 9.95. The van der Waals surface area contributed by atoms with E-state index < -0.39 is 0 Å². The Morgan fingerprint density at radius 1 is 1.44 bits per heavy atom. The van der Waals surface area contributed by atoms with E-state index in [1.807, 2.05) is 24.4 Å². The summed E-state index contributed by atoms with van der Waals surface area (Å²) in [6.07, 6.45) is 7.88. The van der Waals surface area contributed by atoms with Crippen LogP contribution in [0.15, 0.2) is 41.8 Å². The largest absolute Gasteiger partial charge is 0.370 e. The second-order valence-corrected chi connectivity index (χ2v) is 6.50. The van der Waals surface area contributed by atoms with Crippen LogP contribution in [0.25, 0.3) is 5.82 Å². The minimum Gasteiger partial charge on any atom is -0.370 e. The number of halogens is 1. The number of nitrogens with one attached hydrogen (secondary N) is 1. The van der Waals surface area contributed by atoms with Crippen molar-refractivity contribution in [1.82, 2.24) is 25.0 Å². The third kappa shape index (κ3) is 5.91. The first kappa shape index (κ1) is 21.1. The molecule has 1 saturated heterocycles. The first-order chi connectivity index (χ1) is 12.7.